The van der Waals surface area contributed by atoms with Crippen LogP contribution >= 0.6 is 0 Å². The molecule has 160 valence electrons. The van der Waals surface area contributed by atoms with E-state index in [4.69, 9.17) is 9.47 Å². The maximum Gasteiger partial charge on any atom is 0.341 e. The molecule has 0 fully saturated rings. The van der Waals surface area contributed by atoms with Crippen LogP contribution in [0.3, 0.4) is 0 Å². The van der Waals surface area contributed by atoms with Gasteiger partial charge in [-0.1, -0.05) is 30.3 Å². The van der Waals surface area contributed by atoms with E-state index in [2.05, 4.69) is 10.4 Å². The van der Waals surface area contributed by atoms with Gasteiger partial charge >= 0.3 is 5.97 Å². The van der Waals surface area contributed by atoms with Gasteiger partial charge in [0.1, 0.15) is 11.4 Å². The van der Waals surface area contributed by atoms with Crippen LogP contribution in [0.4, 0.5) is 11.4 Å². The molecule has 10 heteroatoms. The SMILES string of the molecule is CCOc1ccc(NC(=O)COC(=O)c2cnn(Cc3ccccc3)c2)c([N+](=O)[O-])c1. The summed E-state index contributed by atoms with van der Waals surface area (Å²) in [5, 5.41) is 17.7. The molecule has 1 N–H and O–H groups in total. The fourth-order valence-corrected chi connectivity index (χ4v) is 2.75. The van der Waals surface area contributed by atoms with Crippen molar-refractivity contribution in [2.75, 3.05) is 18.5 Å². The maximum absolute atomic E-state index is 12.2. The third-order valence-corrected chi connectivity index (χ3v) is 4.14. The van der Waals surface area contributed by atoms with E-state index in [1.54, 1.807) is 11.6 Å². The van der Waals surface area contributed by atoms with Crippen molar-refractivity contribution in [3.05, 3.63) is 82.2 Å². The minimum atomic E-state index is -0.726. The lowest BCUT2D eigenvalue weighted by atomic mass is 10.2. The van der Waals surface area contributed by atoms with E-state index in [0.717, 1.165) is 5.56 Å². The predicted molar refractivity (Wildman–Crippen MR) is 111 cm³/mol. The maximum atomic E-state index is 12.2. The van der Waals surface area contributed by atoms with Gasteiger partial charge < -0.3 is 14.8 Å². The zero-order valence-corrected chi connectivity index (χ0v) is 16.7. The Balaban J connectivity index is 1.56. The molecule has 0 saturated heterocycles. The Morgan fingerprint density at radius 1 is 1.19 bits per heavy atom. The quantitative estimate of drug-likeness (QED) is 0.318. The van der Waals surface area contributed by atoms with Crippen LogP contribution in [0, 0.1) is 10.1 Å². The van der Waals surface area contributed by atoms with Crippen molar-refractivity contribution in [1.29, 1.82) is 0 Å². The van der Waals surface area contributed by atoms with Gasteiger partial charge in [-0.05, 0) is 24.6 Å². The van der Waals surface area contributed by atoms with Gasteiger partial charge in [-0.25, -0.2) is 4.79 Å². The van der Waals surface area contributed by atoms with E-state index < -0.39 is 23.4 Å². The molecule has 2 aromatic carbocycles. The first kappa shape index (κ1) is 21.5. The minimum absolute atomic E-state index is 0.0230. The second kappa shape index (κ2) is 10.0. The topological polar surface area (TPSA) is 126 Å². The number of carbonyl (C=O) groups is 2. The molecule has 3 aromatic rings. The highest BCUT2D eigenvalue weighted by Gasteiger charge is 2.19. The fourth-order valence-electron chi connectivity index (χ4n) is 2.75. The van der Waals surface area contributed by atoms with Gasteiger partial charge in [-0.15, -0.1) is 0 Å². The number of hydrogen-bond donors (Lipinski definition) is 1. The second-order valence-corrected chi connectivity index (χ2v) is 6.41. The summed E-state index contributed by atoms with van der Waals surface area (Å²) in [7, 11) is 0. The monoisotopic (exact) mass is 424 g/mol. The molecule has 0 bridgehead atoms. The van der Waals surface area contributed by atoms with Gasteiger partial charge in [0.05, 0.1) is 35.9 Å². The number of benzene rings is 2. The van der Waals surface area contributed by atoms with Crippen molar-refractivity contribution in [2.45, 2.75) is 13.5 Å². The summed E-state index contributed by atoms with van der Waals surface area (Å²) in [4.78, 5) is 34.9. The summed E-state index contributed by atoms with van der Waals surface area (Å²) in [6.45, 7) is 1.98. The van der Waals surface area contributed by atoms with Crippen LogP contribution in [0.15, 0.2) is 60.9 Å². The molecule has 0 spiro atoms. The number of nitro groups is 1. The minimum Gasteiger partial charge on any atom is -0.494 e. The van der Waals surface area contributed by atoms with Crippen molar-refractivity contribution in [2.24, 2.45) is 0 Å². The van der Waals surface area contributed by atoms with E-state index in [9.17, 15) is 19.7 Å². The van der Waals surface area contributed by atoms with Gasteiger partial charge in [0.2, 0.25) is 0 Å². The van der Waals surface area contributed by atoms with Crippen molar-refractivity contribution < 1.29 is 24.0 Å². The van der Waals surface area contributed by atoms with Crippen molar-refractivity contribution in [3.8, 4) is 5.75 Å². The zero-order chi connectivity index (χ0) is 22.2. The number of carbonyl (C=O) groups excluding carboxylic acids is 2. The van der Waals surface area contributed by atoms with Crippen molar-refractivity contribution >= 4 is 23.3 Å². The van der Waals surface area contributed by atoms with Gasteiger partial charge in [0.15, 0.2) is 6.61 Å². The molecule has 0 aliphatic rings. The molecular formula is C21H20N4O6. The number of nitro benzene ring substituents is 1. The smallest absolute Gasteiger partial charge is 0.341 e. The van der Waals surface area contributed by atoms with Gasteiger partial charge in [-0.2, -0.15) is 5.10 Å². The summed E-state index contributed by atoms with van der Waals surface area (Å²) in [5.41, 5.74) is 0.857. The van der Waals surface area contributed by atoms with E-state index in [1.165, 1.54) is 30.6 Å². The molecule has 1 heterocycles. The molecule has 0 unspecified atom stereocenters. The highest BCUT2D eigenvalue weighted by Crippen LogP contribution is 2.29. The molecule has 31 heavy (non-hydrogen) atoms. The van der Waals surface area contributed by atoms with Crippen molar-refractivity contribution in [1.82, 2.24) is 9.78 Å². The van der Waals surface area contributed by atoms with Crippen LogP contribution in [-0.4, -0.2) is 39.8 Å². The molecule has 0 radical (unpaired) electrons. The number of hydrogen-bond acceptors (Lipinski definition) is 7. The molecule has 0 aliphatic heterocycles. The molecule has 3 rings (SSSR count). The Bertz CT molecular complexity index is 1080. The lowest BCUT2D eigenvalue weighted by Gasteiger charge is -2.08. The standard InChI is InChI=1S/C21H20N4O6/c1-2-30-17-8-9-18(19(10-17)25(28)29)23-20(26)14-31-21(27)16-11-22-24(13-16)12-15-6-4-3-5-7-15/h3-11,13H,2,12,14H2,1H3,(H,23,26). The van der Waals surface area contributed by atoms with Crippen LogP contribution in [0.2, 0.25) is 0 Å². The highest BCUT2D eigenvalue weighted by molar-refractivity contribution is 5.96. The number of anilines is 1. The Morgan fingerprint density at radius 2 is 1.97 bits per heavy atom. The Hall–Kier alpha value is -4.21. The largest absolute Gasteiger partial charge is 0.494 e. The summed E-state index contributed by atoms with van der Waals surface area (Å²) in [5.74, 6) is -1.13. The second-order valence-electron chi connectivity index (χ2n) is 6.41. The van der Waals surface area contributed by atoms with Crippen molar-refractivity contribution in [3.63, 3.8) is 0 Å². The van der Waals surface area contributed by atoms with E-state index in [0.29, 0.717) is 18.9 Å². The number of nitrogens with zero attached hydrogens (tertiary/aromatic N) is 3. The predicted octanol–water partition coefficient (Wildman–Crippen LogP) is 3.03. The number of amides is 1. The average Bonchev–Trinajstić information content (AvgIpc) is 3.22. The van der Waals surface area contributed by atoms with Crippen LogP contribution in [-0.2, 0) is 16.1 Å². The van der Waals surface area contributed by atoms with E-state index in [1.807, 2.05) is 30.3 Å². The number of ether oxygens (including phenoxy) is 2. The average molecular weight is 424 g/mol. The Morgan fingerprint density at radius 3 is 2.68 bits per heavy atom. The number of nitrogens with one attached hydrogen (secondary N) is 1. The molecule has 0 atom stereocenters. The molecule has 0 saturated carbocycles. The van der Waals surface area contributed by atoms with Crippen LogP contribution < -0.4 is 10.1 Å². The molecular weight excluding hydrogens is 404 g/mol. The molecule has 1 amide bonds. The van der Waals surface area contributed by atoms with Gasteiger partial charge in [-0.3, -0.25) is 19.6 Å². The van der Waals surface area contributed by atoms with E-state index in [-0.39, 0.29) is 16.9 Å². The molecule has 0 aliphatic carbocycles. The lowest BCUT2D eigenvalue weighted by Crippen LogP contribution is -2.21. The lowest BCUT2D eigenvalue weighted by molar-refractivity contribution is -0.384. The first-order valence-electron chi connectivity index (χ1n) is 9.41. The number of esters is 1. The fraction of sp³-hybridized carbons (Fsp3) is 0.190. The summed E-state index contributed by atoms with van der Waals surface area (Å²) >= 11 is 0. The summed E-state index contributed by atoms with van der Waals surface area (Å²) in [6, 6.07) is 13.7. The summed E-state index contributed by atoms with van der Waals surface area (Å²) in [6.07, 6.45) is 2.87. The van der Waals surface area contributed by atoms with Gasteiger partial charge in [0.25, 0.3) is 11.6 Å². The first-order chi connectivity index (χ1) is 15.0. The molecule has 10 nitrogen and oxygen atoms in total. The van der Waals surface area contributed by atoms with Crippen LogP contribution in [0.1, 0.15) is 22.8 Å². The highest BCUT2D eigenvalue weighted by atomic mass is 16.6. The number of aromatic nitrogens is 2. The van der Waals surface area contributed by atoms with Crippen LogP contribution in [0.25, 0.3) is 0 Å². The first-order valence-corrected chi connectivity index (χ1v) is 9.41. The third kappa shape index (κ3) is 5.89. The zero-order valence-electron chi connectivity index (χ0n) is 16.7. The van der Waals surface area contributed by atoms with Gasteiger partial charge in [0, 0.05) is 6.20 Å². The van der Waals surface area contributed by atoms with Crippen LogP contribution in [0.5, 0.6) is 5.75 Å². The normalized spacial score (nSPS) is 10.4. The Labute approximate surface area is 177 Å². The Kier molecular flexibility index (Phi) is 6.94. The summed E-state index contributed by atoms with van der Waals surface area (Å²) < 4.78 is 11.8. The molecule has 1 aromatic heterocycles. The van der Waals surface area contributed by atoms with E-state index >= 15 is 0 Å². The number of rotatable bonds is 9. The third-order valence-electron chi connectivity index (χ3n) is 4.14.